The number of benzene rings is 2. The molecule has 2 aliphatic rings. The van der Waals surface area contributed by atoms with Crippen molar-refractivity contribution < 1.29 is 14.6 Å². The van der Waals surface area contributed by atoms with Crippen LogP contribution in [0.2, 0.25) is 0 Å². The van der Waals surface area contributed by atoms with Crippen molar-refractivity contribution in [3.05, 3.63) is 65.7 Å². The summed E-state index contributed by atoms with van der Waals surface area (Å²) in [5, 5.41) is 11.4. The van der Waals surface area contributed by atoms with Crippen LogP contribution in [0.4, 0.5) is 0 Å². The Bertz CT molecular complexity index is 729. The molecule has 2 atom stereocenters. The van der Waals surface area contributed by atoms with Gasteiger partial charge >= 0.3 is 0 Å². The zero-order valence-corrected chi connectivity index (χ0v) is 15.8. The summed E-state index contributed by atoms with van der Waals surface area (Å²) in [6.45, 7) is 3.30. The molecule has 2 saturated heterocycles. The lowest BCUT2D eigenvalue weighted by molar-refractivity contribution is -0.106. The Labute approximate surface area is 161 Å². The van der Waals surface area contributed by atoms with Crippen LogP contribution in [0, 0.1) is 0 Å². The fraction of sp³-hybridized carbons (Fsp3) is 0.478. The van der Waals surface area contributed by atoms with Gasteiger partial charge in [-0.3, -0.25) is 4.90 Å². The fourth-order valence-electron chi connectivity index (χ4n) is 4.15. The summed E-state index contributed by atoms with van der Waals surface area (Å²) in [4.78, 5) is 2.34. The second-order valence-corrected chi connectivity index (χ2v) is 7.77. The van der Waals surface area contributed by atoms with E-state index in [9.17, 15) is 5.11 Å². The molecule has 4 rings (SSSR count). The Morgan fingerprint density at radius 3 is 2.78 bits per heavy atom. The molecule has 27 heavy (non-hydrogen) atoms. The van der Waals surface area contributed by atoms with Gasteiger partial charge in [-0.15, -0.1) is 0 Å². The summed E-state index contributed by atoms with van der Waals surface area (Å²) in [7, 11) is 0. The molecular formula is C23H29NO3. The first kappa shape index (κ1) is 18.5. The van der Waals surface area contributed by atoms with Gasteiger partial charge in [0.15, 0.2) is 6.29 Å². The number of ether oxygens (including phenoxy) is 2. The Balaban J connectivity index is 1.45. The van der Waals surface area contributed by atoms with Crippen molar-refractivity contribution in [1.29, 1.82) is 0 Å². The zero-order valence-electron chi connectivity index (χ0n) is 15.8. The minimum absolute atomic E-state index is 0.162. The highest BCUT2D eigenvalue weighted by molar-refractivity contribution is 5.33. The van der Waals surface area contributed by atoms with E-state index in [2.05, 4.69) is 29.2 Å². The SMILES string of the molecule is OC1(c2cccc(OC3CCCCO3)c2)CCCN(Cc2ccccc2)C1. The van der Waals surface area contributed by atoms with Crippen molar-refractivity contribution >= 4 is 0 Å². The molecule has 4 nitrogen and oxygen atoms in total. The second kappa shape index (κ2) is 8.42. The van der Waals surface area contributed by atoms with E-state index >= 15 is 0 Å². The summed E-state index contributed by atoms with van der Waals surface area (Å²) >= 11 is 0. The summed E-state index contributed by atoms with van der Waals surface area (Å²) in [6.07, 6.45) is 4.78. The fourth-order valence-corrected chi connectivity index (χ4v) is 4.15. The van der Waals surface area contributed by atoms with Crippen molar-refractivity contribution in [1.82, 2.24) is 4.90 Å². The van der Waals surface area contributed by atoms with Gasteiger partial charge in [-0.1, -0.05) is 42.5 Å². The average Bonchev–Trinajstić information content (AvgIpc) is 2.70. The summed E-state index contributed by atoms with van der Waals surface area (Å²) in [5.41, 5.74) is 1.39. The van der Waals surface area contributed by atoms with E-state index in [4.69, 9.17) is 9.47 Å². The molecule has 0 radical (unpaired) electrons. The number of rotatable bonds is 5. The van der Waals surface area contributed by atoms with E-state index < -0.39 is 5.60 Å². The number of β-amino-alcohol motifs (C(OH)–C–C–N with tert-alkyl or cyclic N) is 1. The molecule has 2 aromatic rings. The van der Waals surface area contributed by atoms with Crippen LogP contribution in [-0.4, -0.2) is 36.0 Å². The van der Waals surface area contributed by atoms with Crippen LogP contribution in [-0.2, 0) is 16.9 Å². The maximum absolute atomic E-state index is 11.4. The Morgan fingerprint density at radius 1 is 1.07 bits per heavy atom. The molecule has 4 heteroatoms. The first-order valence-electron chi connectivity index (χ1n) is 10.1. The smallest absolute Gasteiger partial charge is 0.199 e. The summed E-state index contributed by atoms with van der Waals surface area (Å²) in [5.74, 6) is 0.785. The molecule has 2 heterocycles. The van der Waals surface area contributed by atoms with Crippen LogP contribution in [0.1, 0.15) is 43.2 Å². The monoisotopic (exact) mass is 367 g/mol. The number of piperidine rings is 1. The third kappa shape index (κ3) is 4.70. The zero-order chi connectivity index (χ0) is 18.5. The standard InChI is InChI=1S/C23H29NO3/c25-23(13-7-14-24(18-23)17-19-8-2-1-3-9-19)20-10-6-11-21(16-20)27-22-12-4-5-15-26-22/h1-3,6,8-11,16,22,25H,4-5,7,12-15,17-18H2. The van der Waals surface area contributed by atoms with Gasteiger partial charge in [0.1, 0.15) is 11.4 Å². The van der Waals surface area contributed by atoms with E-state index in [0.717, 1.165) is 63.1 Å². The number of hydrogen-bond donors (Lipinski definition) is 1. The number of hydrogen-bond acceptors (Lipinski definition) is 4. The van der Waals surface area contributed by atoms with E-state index in [1.165, 1.54) is 5.56 Å². The lowest BCUT2D eigenvalue weighted by atomic mass is 9.85. The normalized spacial score (nSPS) is 26.6. The molecule has 2 aliphatic heterocycles. The minimum atomic E-state index is -0.834. The first-order valence-corrected chi connectivity index (χ1v) is 10.1. The van der Waals surface area contributed by atoms with Crippen molar-refractivity contribution in [2.45, 2.75) is 50.5 Å². The predicted octanol–water partition coefficient (Wildman–Crippen LogP) is 4.08. The topological polar surface area (TPSA) is 41.9 Å². The van der Waals surface area contributed by atoms with E-state index in [-0.39, 0.29) is 6.29 Å². The van der Waals surface area contributed by atoms with E-state index in [0.29, 0.717) is 6.54 Å². The highest BCUT2D eigenvalue weighted by Gasteiger charge is 2.35. The molecule has 2 aromatic carbocycles. The van der Waals surface area contributed by atoms with Crippen molar-refractivity contribution in [2.75, 3.05) is 19.7 Å². The molecule has 0 aliphatic carbocycles. The van der Waals surface area contributed by atoms with Gasteiger partial charge in [0, 0.05) is 19.5 Å². The van der Waals surface area contributed by atoms with Crippen molar-refractivity contribution in [3.63, 3.8) is 0 Å². The molecule has 0 aromatic heterocycles. The molecule has 0 bridgehead atoms. The Hall–Kier alpha value is -1.88. The lowest BCUT2D eigenvalue weighted by Crippen LogP contribution is -2.45. The molecule has 2 unspecified atom stereocenters. The highest BCUT2D eigenvalue weighted by atomic mass is 16.7. The van der Waals surface area contributed by atoms with E-state index in [1.54, 1.807) is 0 Å². The van der Waals surface area contributed by atoms with Crippen molar-refractivity contribution in [3.8, 4) is 5.75 Å². The predicted molar refractivity (Wildman–Crippen MR) is 106 cm³/mol. The Morgan fingerprint density at radius 2 is 1.96 bits per heavy atom. The first-order chi connectivity index (χ1) is 13.2. The average molecular weight is 367 g/mol. The molecule has 0 amide bonds. The highest BCUT2D eigenvalue weighted by Crippen LogP contribution is 2.34. The van der Waals surface area contributed by atoms with Gasteiger partial charge in [-0.25, -0.2) is 0 Å². The largest absolute Gasteiger partial charge is 0.465 e. The molecule has 1 N–H and O–H groups in total. The van der Waals surface area contributed by atoms with Gasteiger partial charge < -0.3 is 14.6 Å². The van der Waals surface area contributed by atoms with Crippen LogP contribution < -0.4 is 4.74 Å². The third-order valence-electron chi connectivity index (χ3n) is 5.58. The van der Waals surface area contributed by atoms with Gasteiger partial charge in [-0.05, 0) is 55.5 Å². The second-order valence-electron chi connectivity index (χ2n) is 7.77. The number of likely N-dealkylation sites (tertiary alicyclic amines) is 1. The Kier molecular flexibility index (Phi) is 5.77. The van der Waals surface area contributed by atoms with Crippen LogP contribution >= 0.6 is 0 Å². The van der Waals surface area contributed by atoms with Gasteiger partial charge in [-0.2, -0.15) is 0 Å². The minimum Gasteiger partial charge on any atom is -0.465 e. The maximum atomic E-state index is 11.4. The molecule has 0 saturated carbocycles. The van der Waals surface area contributed by atoms with Crippen LogP contribution in [0.3, 0.4) is 0 Å². The van der Waals surface area contributed by atoms with Gasteiger partial charge in [0.25, 0.3) is 0 Å². The van der Waals surface area contributed by atoms with Crippen LogP contribution in [0.5, 0.6) is 5.75 Å². The van der Waals surface area contributed by atoms with Gasteiger partial charge in [0.05, 0.1) is 6.61 Å². The van der Waals surface area contributed by atoms with Gasteiger partial charge in [0.2, 0.25) is 0 Å². The maximum Gasteiger partial charge on any atom is 0.199 e. The lowest BCUT2D eigenvalue weighted by Gasteiger charge is -2.39. The third-order valence-corrected chi connectivity index (χ3v) is 5.58. The van der Waals surface area contributed by atoms with E-state index in [1.807, 2.05) is 30.3 Å². The molecule has 0 spiro atoms. The van der Waals surface area contributed by atoms with Crippen LogP contribution in [0.15, 0.2) is 54.6 Å². The molecule has 2 fully saturated rings. The van der Waals surface area contributed by atoms with Crippen molar-refractivity contribution in [2.24, 2.45) is 0 Å². The van der Waals surface area contributed by atoms with Crippen LogP contribution in [0.25, 0.3) is 0 Å². The quantitative estimate of drug-likeness (QED) is 0.865. The number of nitrogens with zero attached hydrogens (tertiary/aromatic N) is 1. The number of aliphatic hydroxyl groups is 1. The molecular weight excluding hydrogens is 338 g/mol. The summed E-state index contributed by atoms with van der Waals surface area (Å²) < 4.78 is 11.7. The molecule has 144 valence electrons. The summed E-state index contributed by atoms with van der Waals surface area (Å²) in [6, 6.07) is 18.4.